The number of rotatable bonds is 5. The molecule has 0 spiro atoms. The molecule has 0 aliphatic carbocycles. The minimum Gasteiger partial charge on any atom is -0.367 e. The number of hydrogen-bond donors (Lipinski definition) is 2. The van der Waals surface area contributed by atoms with Gasteiger partial charge in [0.05, 0.1) is 17.4 Å². The number of pyridine rings is 1. The molecule has 0 bridgehead atoms. The Morgan fingerprint density at radius 1 is 1.24 bits per heavy atom. The van der Waals surface area contributed by atoms with Gasteiger partial charge in [0.15, 0.2) is 17.5 Å². The maximum absolute atomic E-state index is 14.5. The SMILES string of the molecule is O=C(c1cnccn1)N1CCCC(CNc2nc(-c3c[nH]c4ncc(Cl)cc34)ncc2F)C1. The molecule has 0 aromatic carbocycles. The molecule has 33 heavy (non-hydrogen) atoms. The summed E-state index contributed by atoms with van der Waals surface area (Å²) in [6, 6.07) is 1.76. The van der Waals surface area contributed by atoms with Gasteiger partial charge in [-0.2, -0.15) is 0 Å². The predicted octanol–water partition coefficient (Wildman–Crippen LogP) is 3.57. The van der Waals surface area contributed by atoms with Crippen molar-refractivity contribution in [1.82, 2.24) is 34.8 Å². The van der Waals surface area contributed by atoms with Crippen LogP contribution in [0.1, 0.15) is 23.3 Å². The number of piperidine rings is 1. The molecule has 1 aliphatic rings. The normalized spacial score (nSPS) is 16.2. The van der Waals surface area contributed by atoms with Gasteiger partial charge in [0.25, 0.3) is 5.91 Å². The first kappa shape index (κ1) is 21.2. The summed E-state index contributed by atoms with van der Waals surface area (Å²) in [5.41, 5.74) is 1.65. The number of carbonyl (C=O) groups excluding carboxylic acids is 1. The van der Waals surface area contributed by atoms with E-state index >= 15 is 0 Å². The van der Waals surface area contributed by atoms with Crippen LogP contribution in [0.3, 0.4) is 0 Å². The summed E-state index contributed by atoms with van der Waals surface area (Å²) in [4.78, 5) is 38.3. The Bertz CT molecular complexity index is 1300. The highest BCUT2D eigenvalue weighted by molar-refractivity contribution is 6.31. The van der Waals surface area contributed by atoms with Crippen LogP contribution in [0.25, 0.3) is 22.4 Å². The molecule has 9 nitrogen and oxygen atoms in total. The third kappa shape index (κ3) is 4.47. The average molecular weight is 467 g/mol. The Hall–Kier alpha value is -3.66. The topological polar surface area (TPSA) is 113 Å². The Balaban J connectivity index is 1.30. The van der Waals surface area contributed by atoms with Crippen LogP contribution < -0.4 is 5.32 Å². The molecular weight excluding hydrogens is 447 g/mol. The Morgan fingerprint density at radius 2 is 2.15 bits per heavy atom. The Morgan fingerprint density at radius 3 is 3.00 bits per heavy atom. The number of nitrogens with one attached hydrogen (secondary N) is 2. The lowest BCUT2D eigenvalue weighted by molar-refractivity contribution is 0.0673. The first-order valence-corrected chi connectivity index (χ1v) is 10.9. The molecule has 2 N–H and O–H groups in total. The van der Waals surface area contributed by atoms with E-state index in [2.05, 4.69) is 35.2 Å². The number of likely N-dealkylation sites (tertiary alicyclic amines) is 1. The molecule has 0 radical (unpaired) electrons. The largest absolute Gasteiger partial charge is 0.367 e. The highest BCUT2D eigenvalue weighted by atomic mass is 35.5. The van der Waals surface area contributed by atoms with E-state index < -0.39 is 5.82 Å². The first-order chi connectivity index (χ1) is 16.1. The lowest BCUT2D eigenvalue weighted by atomic mass is 9.97. The van der Waals surface area contributed by atoms with Crippen LogP contribution in [-0.2, 0) is 0 Å². The second-order valence-corrected chi connectivity index (χ2v) is 8.31. The fourth-order valence-corrected chi connectivity index (χ4v) is 4.17. The molecule has 11 heteroatoms. The van der Waals surface area contributed by atoms with E-state index in [4.69, 9.17) is 11.6 Å². The maximum Gasteiger partial charge on any atom is 0.274 e. The Kier molecular flexibility index (Phi) is 5.82. The van der Waals surface area contributed by atoms with Crippen LogP contribution >= 0.6 is 11.6 Å². The third-order valence-electron chi connectivity index (χ3n) is 5.63. The molecule has 1 saturated heterocycles. The van der Waals surface area contributed by atoms with Crippen LogP contribution in [-0.4, -0.2) is 60.3 Å². The van der Waals surface area contributed by atoms with Crippen molar-refractivity contribution >= 4 is 34.4 Å². The second kappa shape index (κ2) is 9.07. The van der Waals surface area contributed by atoms with Gasteiger partial charge in [-0.15, -0.1) is 0 Å². The van der Waals surface area contributed by atoms with Crippen molar-refractivity contribution in [3.05, 3.63) is 59.8 Å². The number of anilines is 1. The van der Waals surface area contributed by atoms with Crippen LogP contribution in [0.2, 0.25) is 5.02 Å². The van der Waals surface area contributed by atoms with Gasteiger partial charge in [0, 0.05) is 55.4 Å². The number of hydrogen-bond acceptors (Lipinski definition) is 7. The quantitative estimate of drug-likeness (QED) is 0.462. The molecule has 4 aromatic heterocycles. The van der Waals surface area contributed by atoms with Gasteiger partial charge in [-0.3, -0.25) is 9.78 Å². The molecule has 1 aliphatic heterocycles. The number of fused-ring (bicyclic) bond motifs is 1. The number of carbonyl (C=O) groups is 1. The zero-order valence-corrected chi connectivity index (χ0v) is 18.3. The maximum atomic E-state index is 14.5. The van der Waals surface area contributed by atoms with Crippen LogP contribution in [0.4, 0.5) is 10.2 Å². The first-order valence-electron chi connectivity index (χ1n) is 10.5. The molecule has 1 unspecified atom stereocenters. The van der Waals surface area contributed by atoms with E-state index in [0.29, 0.717) is 47.4 Å². The van der Waals surface area contributed by atoms with Gasteiger partial charge < -0.3 is 15.2 Å². The lowest BCUT2D eigenvalue weighted by Crippen LogP contribution is -2.42. The van der Waals surface area contributed by atoms with Crippen molar-refractivity contribution < 1.29 is 9.18 Å². The third-order valence-corrected chi connectivity index (χ3v) is 5.84. The minimum absolute atomic E-state index is 0.113. The van der Waals surface area contributed by atoms with E-state index in [9.17, 15) is 9.18 Å². The van der Waals surface area contributed by atoms with Crippen molar-refractivity contribution in [1.29, 1.82) is 0 Å². The zero-order valence-electron chi connectivity index (χ0n) is 17.5. The summed E-state index contributed by atoms with van der Waals surface area (Å²) in [6.45, 7) is 1.68. The summed E-state index contributed by atoms with van der Waals surface area (Å²) in [6.07, 6.45) is 10.7. The van der Waals surface area contributed by atoms with Crippen LogP contribution in [0, 0.1) is 11.7 Å². The average Bonchev–Trinajstić information content (AvgIpc) is 3.27. The summed E-state index contributed by atoms with van der Waals surface area (Å²) in [5, 5.41) is 4.34. The zero-order chi connectivity index (χ0) is 22.8. The number of nitrogens with zero attached hydrogens (tertiary/aromatic N) is 6. The molecule has 0 saturated carbocycles. The van der Waals surface area contributed by atoms with Crippen molar-refractivity contribution in [2.45, 2.75) is 12.8 Å². The molecule has 168 valence electrons. The number of H-pyrrole nitrogens is 1. The van der Waals surface area contributed by atoms with Gasteiger partial charge in [0.2, 0.25) is 0 Å². The van der Waals surface area contributed by atoms with Gasteiger partial charge >= 0.3 is 0 Å². The number of amides is 1. The van der Waals surface area contributed by atoms with Crippen molar-refractivity contribution in [2.75, 3.05) is 25.0 Å². The highest BCUT2D eigenvalue weighted by Crippen LogP contribution is 2.28. The summed E-state index contributed by atoms with van der Waals surface area (Å²) >= 11 is 6.08. The fraction of sp³-hybridized carbons (Fsp3) is 0.273. The number of halogens is 2. The molecule has 1 fully saturated rings. The van der Waals surface area contributed by atoms with Crippen molar-refractivity contribution in [3.63, 3.8) is 0 Å². The van der Waals surface area contributed by atoms with Gasteiger partial charge in [-0.25, -0.2) is 24.3 Å². The lowest BCUT2D eigenvalue weighted by Gasteiger charge is -2.32. The van der Waals surface area contributed by atoms with E-state index in [1.807, 2.05) is 0 Å². The predicted molar refractivity (Wildman–Crippen MR) is 121 cm³/mol. The molecule has 5 heterocycles. The minimum atomic E-state index is -0.543. The second-order valence-electron chi connectivity index (χ2n) is 7.87. The number of aromatic amines is 1. The van der Waals surface area contributed by atoms with E-state index in [0.717, 1.165) is 24.4 Å². The summed E-state index contributed by atoms with van der Waals surface area (Å²) in [7, 11) is 0. The highest BCUT2D eigenvalue weighted by Gasteiger charge is 2.25. The van der Waals surface area contributed by atoms with Gasteiger partial charge in [-0.05, 0) is 24.8 Å². The molecule has 1 atom stereocenters. The van der Waals surface area contributed by atoms with E-state index in [1.165, 1.54) is 18.6 Å². The monoisotopic (exact) mass is 466 g/mol. The molecule has 4 aromatic rings. The molecule has 1 amide bonds. The molecule has 5 rings (SSSR count). The van der Waals surface area contributed by atoms with E-state index in [-0.39, 0.29) is 17.6 Å². The van der Waals surface area contributed by atoms with Gasteiger partial charge in [0.1, 0.15) is 11.3 Å². The number of aromatic nitrogens is 6. The van der Waals surface area contributed by atoms with Crippen molar-refractivity contribution in [3.8, 4) is 11.4 Å². The summed E-state index contributed by atoms with van der Waals surface area (Å²) in [5.74, 6) is -0.0692. The van der Waals surface area contributed by atoms with Crippen molar-refractivity contribution in [2.24, 2.45) is 5.92 Å². The van der Waals surface area contributed by atoms with Gasteiger partial charge in [-0.1, -0.05) is 11.6 Å². The van der Waals surface area contributed by atoms with E-state index in [1.54, 1.807) is 23.4 Å². The summed E-state index contributed by atoms with van der Waals surface area (Å²) < 4.78 is 14.5. The fourth-order valence-electron chi connectivity index (χ4n) is 4.01. The Labute approximate surface area is 193 Å². The van der Waals surface area contributed by atoms with Crippen LogP contribution in [0.15, 0.2) is 43.2 Å². The molecular formula is C22H20ClFN8O. The smallest absolute Gasteiger partial charge is 0.274 e. The standard InChI is InChI=1S/C22H20ClFN8O/c23-14-6-15-16(9-29-19(15)28-8-14)20-30-10-17(24)21(31-20)27-7-13-2-1-5-32(12-13)22(33)18-11-25-3-4-26-18/h3-4,6,8-11,13H,1-2,5,7,12H2,(H,28,29)(H,27,30,31). The van der Waals surface area contributed by atoms with Crippen LogP contribution in [0.5, 0.6) is 0 Å².